The van der Waals surface area contributed by atoms with E-state index in [-0.39, 0.29) is 24.0 Å². The fourth-order valence-electron chi connectivity index (χ4n) is 1.68. The van der Waals surface area contributed by atoms with Crippen LogP contribution in [0.15, 0.2) is 0 Å². The van der Waals surface area contributed by atoms with Gasteiger partial charge < -0.3 is 20.7 Å². The summed E-state index contributed by atoms with van der Waals surface area (Å²) in [7, 11) is 3.17. The minimum absolute atomic E-state index is 0.0751. The molecule has 92 valence electrons. The third-order valence-corrected chi connectivity index (χ3v) is 2.74. The molecule has 0 aromatic rings. The molecule has 3 atom stereocenters. The molecule has 3 N–H and O–H groups in total. The molecule has 0 bridgehead atoms. The van der Waals surface area contributed by atoms with Gasteiger partial charge in [0.2, 0.25) is 11.8 Å². The molecule has 0 spiro atoms. The molecule has 16 heavy (non-hydrogen) atoms. The van der Waals surface area contributed by atoms with Gasteiger partial charge in [-0.05, 0) is 13.3 Å². The van der Waals surface area contributed by atoms with E-state index in [0.29, 0.717) is 13.0 Å². The Morgan fingerprint density at radius 2 is 2.19 bits per heavy atom. The normalized spacial score (nSPS) is 26.2. The Balaban J connectivity index is 2.38. The van der Waals surface area contributed by atoms with Gasteiger partial charge in [-0.3, -0.25) is 9.59 Å². The number of nitrogens with one attached hydrogen (secondary N) is 3. The minimum Gasteiger partial charge on any atom is -0.380 e. The maximum atomic E-state index is 11.7. The summed E-state index contributed by atoms with van der Waals surface area (Å²) in [6.45, 7) is 2.32. The van der Waals surface area contributed by atoms with Crippen LogP contribution in [0, 0.1) is 0 Å². The zero-order chi connectivity index (χ0) is 12.1. The third-order valence-electron chi connectivity index (χ3n) is 2.74. The van der Waals surface area contributed by atoms with Crippen LogP contribution < -0.4 is 16.0 Å². The van der Waals surface area contributed by atoms with E-state index in [2.05, 4.69) is 16.0 Å². The average Bonchev–Trinajstić information content (AvgIpc) is 2.76. The maximum absolute atomic E-state index is 11.7. The van der Waals surface area contributed by atoms with Gasteiger partial charge in [0.25, 0.3) is 0 Å². The van der Waals surface area contributed by atoms with Crippen LogP contribution in [0.2, 0.25) is 0 Å². The predicted molar refractivity (Wildman–Crippen MR) is 58.9 cm³/mol. The van der Waals surface area contributed by atoms with Crippen LogP contribution in [-0.2, 0) is 14.3 Å². The lowest BCUT2D eigenvalue weighted by Crippen LogP contribution is -2.49. The van der Waals surface area contributed by atoms with Crippen molar-refractivity contribution in [3.8, 4) is 0 Å². The molecule has 1 aliphatic rings. The van der Waals surface area contributed by atoms with Crippen molar-refractivity contribution >= 4 is 11.8 Å². The van der Waals surface area contributed by atoms with Crippen molar-refractivity contribution in [2.45, 2.75) is 31.5 Å². The number of rotatable bonds is 4. The molecule has 0 saturated carbocycles. The number of hydrogen-bond donors (Lipinski definition) is 3. The summed E-state index contributed by atoms with van der Waals surface area (Å²) in [4.78, 5) is 22.9. The predicted octanol–water partition coefficient (Wildman–Crippen LogP) is -1.39. The van der Waals surface area contributed by atoms with Crippen LogP contribution in [0.4, 0.5) is 0 Å². The number of likely N-dealkylation sites (N-methyl/N-ethyl adjacent to an activating group) is 1. The van der Waals surface area contributed by atoms with E-state index >= 15 is 0 Å². The summed E-state index contributed by atoms with van der Waals surface area (Å²) in [5.74, 6) is -0.356. The Kier molecular flexibility index (Phi) is 4.70. The SMILES string of the molecule is CNC(=O)C(C)NC(=O)C1CC(OC)CN1. The zero-order valence-corrected chi connectivity index (χ0v) is 9.87. The number of hydrogen-bond acceptors (Lipinski definition) is 4. The van der Waals surface area contributed by atoms with Crippen LogP contribution in [0.1, 0.15) is 13.3 Å². The quantitative estimate of drug-likeness (QED) is 0.555. The van der Waals surface area contributed by atoms with E-state index in [4.69, 9.17) is 4.74 Å². The highest BCUT2D eigenvalue weighted by Gasteiger charge is 2.30. The van der Waals surface area contributed by atoms with Crippen LogP contribution in [0.5, 0.6) is 0 Å². The molecule has 1 fully saturated rings. The number of methoxy groups -OCH3 is 1. The van der Waals surface area contributed by atoms with Crippen LogP contribution in [-0.4, -0.2) is 50.7 Å². The number of carbonyl (C=O) groups excluding carboxylic acids is 2. The van der Waals surface area contributed by atoms with Crippen molar-refractivity contribution in [2.75, 3.05) is 20.7 Å². The van der Waals surface area contributed by atoms with Gasteiger partial charge in [0, 0.05) is 20.7 Å². The summed E-state index contributed by atoms with van der Waals surface area (Å²) in [5, 5.41) is 8.18. The lowest BCUT2D eigenvalue weighted by molar-refractivity contribution is -0.129. The topological polar surface area (TPSA) is 79.5 Å². The Hall–Kier alpha value is -1.14. The summed E-state index contributed by atoms with van der Waals surface area (Å²) < 4.78 is 5.14. The van der Waals surface area contributed by atoms with Crippen molar-refractivity contribution in [2.24, 2.45) is 0 Å². The van der Waals surface area contributed by atoms with Crippen LogP contribution in [0.25, 0.3) is 0 Å². The van der Waals surface area contributed by atoms with E-state index in [1.54, 1.807) is 21.1 Å². The van der Waals surface area contributed by atoms with Crippen molar-refractivity contribution in [3.05, 3.63) is 0 Å². The Bertz CT molecular complexity index is 270. The number of ether oxygens (including phenoxy) is 1. The second-order valence-corrected chi connectivity index (χ2v) is 3.90. The van der Waals surface area contributed by atoms with Crippen molar-refractivity contribution in [1.82, 2.24) is 16.0 Å². The first kappa shape index (κ1) is 12.9. The van der Waals surface area contributed by atoms with Gasteiger partial charge in [0.05, 0.1) is 12.1 Å². The average molecular weight is 229 g/mol. The molecule has 1 aliphatic heterocycles. The van der Waals surface area contributed by atoms with Crippen LogP contribution in [0.3, 0.4) is 0 Å². The van der Waals surface area contributed by atoms with E-state index in [9.17, 15) is 9.59 Å². The lowest BCUT2D eigenvalue weighted by atomic mass is 10.2. The highest BCUT2D eigenvalue weighted by molar-refractivity contribution is 5.89. The Labute approximate surface area is 95.1 Å². The summed E-state index contributed by atoms with van der Waals surface area (Å²) in [6, 6.07) is -0.780. The molecule has 6 nitrogen and oxygen atoms in total. The molecule has 0 aromatic carbocycles. The largest absolute Gasteiger partial charge is 0.380 e. The first-order valence-electron chi connectivity index (χ1n) is 5.36. The third kappa shape index (κ3) is 3.18. The first-order chi connectivity index (χ1) is 7.58. The highest BCUT2D eigenvalue weighted by Crippen LogP contribution is 2.09. The first-order valence-corrected chi connectivity index (χ1v) is 5.36. The lowest BCUT2D eigenvalue weighted by Gasteiger charge is -2.15. The number of amides is 2. The fraction of sp³-hybridized carbons (Fsp3) is 0.800. The molecular weight excluding hydrogens is 210 g/mol. The Morgan fingerprint density at radius 3 is 2.69 bits per heavy atom. The molecule has 1 heterocycles. The van der Waals surface area contributed by atoms with Gasteiger partial charge in [-0.2, -0.15) is 0 Å². The van der Waals surface area contributed by atoms with Gasteiger partial charge in [-0.15, -0.1) is 0 Å². The Morgan fingerprint density at radius 1 is 1.50 bits per heavy atom. The van der Waals surface area contributed by atoms with Gasteiger partial charge >= 0.3 is 0 Å². The van der Waals surface area contributed by atoms with E-state index in [1.807, 2.05) is 0 Å². The number of carbonyl (C=O) groups is 2. The molecule has 0 aliphatic carbocycles. The van der Waals surface area contributed by atoms with Gasteiger partial charge in [-0.25, -0.2) is 0 Å². The molecule has 6 heteroatoms. The fourth-order valence-corrected chi connectivity index (χ4v) is 1.68. The second-order valence-electron chi connectivity index (χ2n) is 3.90. The molecule has 0 aromatic heterocycles. The molecule has 0 radical (unpaired) electrons. The molecular formula is C10H19N3O3. The van der Waals surface area contributed by atoms with E-state index in [0.717, 1.165) is 0 Å². The minimum atomic E-state index is -0.513. The standard InChI is InChI=1S/C10H19N3O3/c1-6(9(14)11-2)13-10(15)8-4-7(16-3)5-12-8/h6-8,12H,4-5H2,1-3H3,(H,11,14)(H,13,15). The van der Waals surface area contributed by atoms with Crippen molar-refractivity contribution in [1.29, 1.82) is 0 Å². The van der Waals surface area contributed by atoms with Crippen LogP contribution >= 0.6 is 0 Å². The van der Waals surface area contributed by atoms with Gasteiger partial charge in [-0.1, -0.05) is 0 Å². The highest BCUT2D eigenvalue weighted by atomic mass is 16.5. The summed E-state index contributed by atoms with van der Waals surface area (Å²) >= 11 is 0. The molecule has 3 unspecified atom stereocenters. The van der Waals surface area contributed by atoms with Gasteiger partial charge in [0.15, 0.2) is 0 Å². The van der Waals surface area contributed by atoms with Gasteiger partial charge in [0.1, 0.15) is 6.04 Å². The molecule has 2 amide bonds. The second kappa shape index (κ2) is 5.81. The summed E-state index contributed by atoms with van der Waals surface area (Å²) in [5.41, 5.74) is 0. The zero-order valence-electron chi connectivity index (χ0n) is 9.87. The van der Waals surface area contributed by atoms with E-state index < -0.39 is 6.04 Å². The maximum Gasteiger partial charge on any atom is 0.242 e. The van der Waals surface area contributed by atoms with E-state index in [1.165, 1.54) is 0 Å². The van der Waals surface area contributed by atoms with Crippen molar-refractivity contribution < 1.29 is 14.3 Å². The smallest absolute Gasteiger partial charge is 0.242 e. The molecule has 1 saturated heterocycles. The molecule has 1 rings (SSSR count). The summed E-state index contributed by atoms with van der Waals surface area (Å²) in [6.07, 6.45) is 0.717. The van der Waals surface area contributed by atoms with Crippen molar-refractivity contribution in [3.63, 3.8) is 0 Å². The monoisotopic (exact) mass is 229 g/mol.